The summed E-state index contributed by atoms with van der Waals surface area (Å²) in [6.45, 7) is 11.0. The third kappa shape index (κ3) is 4.13. The molecule has 0 saturated carbocycles. The number of imidazole rings is 1. The maximum absolute atomic E-state index is 12.5. The van der Waals surface area contributed by atoms with Crippen LogP contribution in [-0.2, 0) is 11.3 Å². The fraction of sp³-hybridized carbons (Fsp3) is 0.455. The highest BCUT2D eigenvalue weighted by molar-refractivity contribution is 7.15. The molecule has 28 heavy (non-hydrogen) atoms. The number of hydrogen-bond donors (Lipinski definition) is 1. The Balaban J connectivity index is 1.48. The number of hydrogen-bond acceptors (Lipinski definition) is 3. The summed E-state index contributed by atoms with van der Waals surface area (Å²) in [5, 5.41) is 2.10. The normalized spacial score (nSPS) is 16.0. The van der Waals surface area contributed by atoms with Gasteiger partial charge in [0.05, 0.1) is 31.9 Å². The number of amides is 1. The van der Waals surface area contributed by atoms with Gasteiger partial charge in [-0.1, -0.05) is 51.1 Å². The number of rotatable bonds is 4. The monoisotopic (exact) mass is 397 g/mol. The van der Waals surface area contributed by atoms with Crippen LogP contribution < -0.4 is 4.90 Å². The van der Waals surface area contributed by atoms with Crippen LogP contribution in [0.1, 0.15) is 32.9 Å². The van der Waals surface area contributed by atoms with Gasteiger partial charge in [0.2, 0.25) is 5.91 Å². The van der Waals surface area contributed by atoms with E-state index in [2.05, 4.69) is 61.0 Å². The molecule has 3 heterocycles. The van der Waals surface area contributed by atoms with E-state index in [1.165, 1.54) is 16.2 Å². The van der Waals surface area contributed by atoms with E-state index < -0.39 is 0 Å². The van der Waals surface area contributed by atoms with E-state index in [-0.39, 0.29) is 5.41 Å². The van der Waals surface area contributed by atoms with Crippen molar-refractivity contribution in [3.8, 4) is 11.3 Å². The maximum Gasteiger partial charge on any atom is 0.223 e. The molecule has 5 nitrogen and oxygen atoms in total. The molecule has 1 aromatic carbocycles. The summed E-state index contributed by atoms with van der Waals surface area (Å²) in [7, 11) is 0. The molecular formula is C22H29N4OS+. The molecule has 0 bridgehead atoms. The average molecular weight is 398 g/mol. The van der Waals surface area contributed by atoms with Crippen molar-refractivity contribution >= 4 is 22.2 Å². The van der Waals surface area contributed by atoms with Gasteiger partial charge in [-0.05, 0) is 5.41 Å². The van der Waals surface area contributed by atoms with Crippen LogP contribution in [0.3, 0.4) is 0 Å². The second-order valence-electron chi connectivity index (χ2n) is 8.87. The predicted octanol–water partition coefficient (Wildman–Crippen LogP) is 2.73. The number of thiazole rings is 1. The van der Waals surface area contributed by atoms with Gasteiger partial charge in [0.25, 0.3) is 0 Å². The van der Waals surface area contributed by atoms with Gasteiger partial charge in [0.15, 0.2) is 4.96 Å². The Kier molecular flexibility index (Phi) is 5.25. The van der Waals surface area contributed by atoms with Crippen molar-refractivity contribution in [3.63, 3.8) is 0 Å². The molecule has 1 saturated heterocycles. The van der Waals surface area contributed by atoms with E-state index in [1.54, 1.807) is 11.3 Å². The lowest BCUT2D eigenvalue weighted by Gasteiger charge is -2.33. The van der Waals surface area contributed by atoms with Gasteiger partial charge in [-0.15, -0.1) is 11.3 Å². The van der Waals surface area contributed by atoms with Crippen molar-refractivity contribution in [2.45, 2.75) is 33.7 Å². The standard InChI is InChI=1S/C22H28N4OS/c1-22(2,3)15-19(27)25-11-9-24(10-12-25)16-18-20(17-7-5-4-6-8-17)23-21-26(18)13-14-28-21/h4-8,13-14H,9-12,15-16H2,1-3H3/p+1. The minimum absolute atomic E-state index is 0.0494. The molecule has 1 aliphatic rings. The lowest BCUT2D eigenvalue weighted by molar-refractivity contribution is -0.917. The van der Waals surface area contributed by atoms with Gasteiger partial charge >= 0.3 is 0 Å². The van der Waals surface area contributed by atoms with Gasteiger partial charge in [0, 0.05) is 23.6 Å². The average Bonchev–Trinajstić information content (AvgIpc) is 3.24. The van der Waals surface area contributed by atoms with Crippen molar-refractivity contribution in [2.24, 2.45) is 5.41 Å². The molecular weight excluding hydrogens is 368 g/mol. The number of nitrogens with zero attached hydrogens (tertiary/aromatic N) is 3. The van der Waals surface area contributed by atoms with Crippen molar-refractivity contribution in [1.82, 2.24) is 14.3 Å². The van der Waals surface area contributed by atoms with Gasteiger partial charge in [-0.3, -0.25) is 9.20 Å². The number of piperazine rings is 1. The van der Waals surface area contributed by atoms with Gasteiger partial charge in [0.1, 0.15) is 12.2 Å². The molecule has 0 aliphatic carbocycles. The summed E-state index contributed by atoms with van der Waals surface area (Å²) in [4.78, 5) is 22.0. The molecule has 148 valence electrons. The highest BCUT2D eigenvalue weighted by atomic mass is 32.1. The van der Waals surface area contributed by atoms with Crippen molar-refractivity contribution < 1.29 is 9.69 Å². The van der Waals surface area contributed by atoms with E-state index in [0.29, 0.717) is 12.3 Å². The first kappa shape index (κ1) is 19.2. The molecule has 0 radical (unpaired) electrons. The summed E-state index contributed by atoms with van der Waals surface area (Å²) in [5.41, 5.74) is 3.58. The number of benzene rings is 1. The molecule has 0 unspecified atom stereocenters. The summed E-state index contributed by atoms with van der Waals surface area (Å²) in [5.74, 6) is 0.293. The van der Waals surface area contributed by atoms with Gasteiger partial charge in [-0.25, -0.2) is 4.98 Å². The van der Waals surface area contributed by atoms with E-state index in [0.717, 1.165) is 43.4 Å². The largest absolute Gasteiger partial charge is 0.331 e. The third-order valence-electron chi connectivity index (χ3n) is 5.33. The lowest BCUT2D eigenvalue weighted by atomic mass is 9.91. The Morgan fingerprint density at radius 1 is 1.18 bits per heavy atom. The first-order chi connectivity index (χ1) is 13.4. The van der Waals surface area contributed by atoms with Crippen LogP contribution in [0.25, 0.3) is 16.2 Å². The fourth-order valence-corrected chi connectivity index (χ4v) is 4.61. The Bertz CT molecular complexity index is 946. The van der Waals surface area contributed by atoms with Crippen LogP contribution in [0.5, 0.6) is 0 Å². The zero-order valence-corrected chi connectivity index (χ0v) is 17.8. The zero-order chi connectivity index (χ0) is 19.7. The number of fused-ring (bicyclic) bond motifs is 1. The van der Waals surface area contributed by atoms with Crippen LogP contribution in [0.2, 0.25) is 0 Å². The number of carbonyl (C=O) groups is 1. The van der Waals surface area contributed by atoms with Crippen LogP contribution in [-0.4, -0.2) is 46.4 Å². The Morgan fingerprint density at radius 2 is 1.89 bits per heavy atom. The number of aromatic nitrogens is 2. The Hall–Kier alpha value is -2.18. The summed E-state index contributed by atoms with van der Waals surface area (Å²) in [6, 6.07) is 10.4. The summed E-state index contributed by atoms with van der Waals surface area (Å²) >= 11 is 1.68. The van der Waals surface area contributed by atoms with E-state index in [9.17, 15) is 4.79 Å². The molecule has 3 aromatic rings. The molecule has 1 N–H and O–H groups in total. The first-order valence-corrected chi connectivity index (χ1v) is 10.9. The third-order valence-corrected chi connectivity index (χ3v) is 6.09. The smallest absolute Gasteiger partial charge is 0.223 e. The second kappa shape index (κ2) is 7.68. The second-order valence-corrected chi connectivity index (χ2v) is 9.75. The summed E-state index contributed by atoms with van der Waals surface area (Å²) < 4.78 is 2.23. The molecule has 0 atom stereocenters. The van der Waals surface area contributed by atoms with Crippen LogP contribution in [0.4, 0.5) is 0 Å². The van der Waals surface area contributed by atoms with E-state index >= 15 is 0 Å². The molecule has 2 aromatic heterocycles. The molecule has 1 fully saturated rings. The predicted molar refractivity (Wildman–Crippen MR) is 114 cm³/mol. The zero-order valence-electron chi connectivity index (χ0n) is 16.9. The molecule has 4 rings (SSSR count). The first-order valence-electron chi connectivity index (χ1n) is 10.0. The SMILES string of the molecule is CC(C)(C)CC(=O)N1CC[NH+](Cc2c(-c3ccccc3)nc3sccn23)CC1. The van der Waals surface area contributed by atoms with Gasteiger partial charge < -0.3 is 9.80 Å². The van der Waals surface area contributed by atoms with E-state index in [1.807, 2.05) is 11.0 Å². The van der Waals surface area contributed by atoms with Crippen LogP contribution >= 0.6 is 11.3 Å². The van der Waals surface area contributed by atoms with E-state index in [4.69, 9.17) is 4.98 Å². The molecule has 0 spiro atoms. The molecule has 6 heteroatoms. The topological polar surface area (TPSA) is 42.0 Å². The minimum Gasteiger partial charge on any atom is -0.331 e. The van der Waals surface area contributed by atoms with Crippen LogP contribution in [0, 0.1) is 5.41 Å². The number of nitrogens with one attached hydrogen (secondary N) is 1. The Labute approximate surface area is 170 Å². The molecule has 1 amide bonds. The van der Waals surface area contributed by atoms with Crippen molar-refractivity contribution in [1.29, 1.82) is 0 Å². The minimum atomic E-state index is 0.0494. The summed E-state index contributed by atoms with van der Waals surface area (Å²) in [6.07, 6.45) is 2.75. The number of quaternary nitrogens is 1. The lowest BCUT2D eigenvalue weighted by Crippen LogP contribution is -3.13. The fourth-order valence-electron chi connectivity index (χ4n) is 3.88. The quantitative estimate of drug-likeness (QED) is 0.736. The number of carbonyl (C=O) groups excluding carboxylic acids is 1. The van der Waals surface area contributed by atoms with Crippen LogP contribution in [0.15, 0.2) is 41.9 Å². The van der Waals surface area contributed by atoms with Gasteiger partial charge in [-0.2, -0.15) is 0 Å². The molecule has 1 aliphatic heterocycles. The van der Waals surface area contributed by atoms with Crippen molar-refractivity contribution in [2.75, 3.05) is 26.2 Å². The Morgan fingerprint density at radius 3 is 2.57 bits per heavy atom. The van der Waals surface area contributed by atoms with Crippen molar-refractivity contribution in [3.05, 3.63) is 47.6 Å². The highest BCUT2D eigenvalue weighted by Gasteiger charge is 2.28. The maximum atomic E-state index is 12.5. The highest BCUT2D eigenvalue weighted by Crippen LogP contribution is 2.26.